The first kappa shape index (κ1) is 22.5. The average molecular weight is 483 g/mol. The van der Waals surface area contributed by atoms with Crippen LogP contribution in [0.25, 0.3) is 22.3 Å². The molecule has 6 rings (SSSR count). The summed E-state index contributed by atoms with van der Waals surface area (Å²) in [5, 5.41) is 3.43. The maximum absolute atomic E-state index is 14.4. The van der Waals surface area contributed by atoms with Crippen LogP contribution in [-0.4, -0.2) is 59.5 Å². The van der Waals surface area contributed by atoms with E-state index >= 15 is 0 Å². The number of amides is 1. The van der Waals surface area contributed by atoms with E-state index in [-0.39, 0.29) is 17.1 Å². The molecule has 7 nitrogen and oxygen atoms in total. The first-order valence-electron chi connectivity index (χ1n) is 12.2. The quantitative estimate of drug-likeness (QED) is 0.469. The highest BCUT2D eigenvalue weighted by Gasteiger charge is 2.44. The van der Waals surface area contributed by atoms with Crippen molar-refractivity contribution in [3.8, 4) is 11.3 Å². The first-order valence-corrected chi connectivity index (χ1v) is 12.2. The van der Waals surface area contributed by atoms with Crippen LogP contribution in [0.4, 0.5) is 15.9 Å². The van der Waals surface area contributed by atoms with Crippen LogP contribution in [0, 0.1) is 5.82 Å². The Kier molecular flexibility index (Phi) is 5.41. The molecule has 1 saturated heterocycles. The van der Waals surface area contributed by atoms with Gasteiger partial charge in [0.15, 0.2) is 5.82 Å². The Morgan fingerprint density at radius 2 is 1.89 bits per heavy atom. The lowest BCUT2D eigenvalue weighted by Crippen LogP contribution is -2.42. The molecular weight excluding hydrogens is 455 g/mol. The molecule has 182 valence electrons. The van der Waals surface area contributed by atoms with Gasteiger partial charge in [-0.1, -0.05) is 12.1 Å². The van der Waals surface area contributed by atoms with Crippen molar-refractivity contribution in [2.45, 2.75) is 18.3 Å². The van der Waals surface area contributed by atoms with Gasteiger partial charge >= 0.3 is 0 Å². The van der Waals surface area contributed by atoms with E-state index < -0.39 is 0 Å². The number of nitrogens with one attached hydrogen (secondary N) is 1. The number of pyridine rings is 1. The van der Waals surface area contributed by atoms with Gasteiger partial charge in [0.05, 0.1) is 11.2 Å². The summed E-state index contributed by atoms with van der Waals surface area (Å²) in [6.07, 6.45) is 3.44. The first-order chi connectivity index (χ1) is 17.4. The number of benzene rings is 2. The molecule has 2 aromatic heterocycles. The van der Waals surface area contributed by atoms with Crippen LogP contribution in [0.5, 0.6) is 0 Å². The summed E-state index contributed by atoms with van der Waals surface area (Å²) in [6, 6.07) is 16.4. The van der Waals surface area contributed by atoms with Crippen molar-refractivity contribution in [1.29, 1.82) is 0 Å². The van der Waals surface area contributed by atoms with Gasteiger partial charge in [-0.3, -0.25) is 4.79 Å². The molecule has 4 aromatic rings. The molecule has 2 aliphatic rings. The number of aromatic nitrogens is 3. The second kappa shape index (κ2) is 8.64. The van der Waals surface area contributed by atoms with Crippen LogP contribution < -0.4 is 10.2 Å². The van der Waals surface area contributed by atoms with Crippen molar-refractivity contribution in [3.63, 3.8) is 0 Å². The summed E-state index contributed by atoms with van der Waals surface area (Å²) in [6.45, 7) is 2.52. The maximum atomic E-state index is 14.4. The predicted molar refractivity (Wildman–Crippen MR) is 138 cm³/mol. The van der Waals surface area contributed by atoms with Crippen molar-refractivity contribution in [2.75, 3.05) is 38.6 Å². The molecule has 2 aliphatic heterocycles. The van der Waals surface area contributed by atoms with Gasteiger partial charge in [-0.05, 0) is 74.0 Å². The van der Waals surface area contributed by atoms with Crippen molar-refractivity contribution < 1.29 is 9.18 Å². The fourth-order valence-electron chi connectivity index (χ4n) is 5.52. The predicted octanol–water partition coefficient (Wildman–Crippen LogP) is 4.31. The smallest absolute Gasteiger partial charge is 0.253 e. The van der Waals surface area contributed by atoms with Gasteiger partial charge in [0.2, 0.25) is 0 Å². The van der Waals surface area contributed by atoms with Crippen LogP contribution in [0.2, 0.25) is 0 Å². The molecule has 0 atom stereocenters. The van der Waals surface area contributed by atoms with E-state index in [1.807, 2.05) is 36.4 Å². The Bertz CT molecular complexity index is 1480. The number of fused-ring (bicyclic) bond motifs is 3. The molecule has 36 heavy (non-hydrogen) atoms. The standard InChI is InChI=1S/C28H27FN6O/c1-34(2)27(36)19-5-3-4-18(14-19)22-7-8-23-25(33-22)26(32-17-31-23)35-16-28(10-12-30-13-11-28)21-15-20(29)6-9-24(21)35/h3-9,14-15,17,30H,10-13,16H2,1-2H3. The molecule has 1 N–H and O–H groups in total. The molecule has 8 heteroatoms. The van der Waals surface area contributed by atoms with E-state index in [0.717, 1.165) is 60.5 Å². The highest BCUT2D eigenvalue weighted by Crippen LogP contribution is 2.49. The number of hydrogen-bond acceptors (Lipinski definition) is 6. The number of hydrogen-bond donors (Lipinski definition) is 1. The van der Waals surface area contributed by atoms with Crippen LogP contribution in [0.3, 0.4) is 0 Å². The average Bonchev–Trinajstić information content (AvgIpc) is 3.20. The Labute approximate surface area is 209 Å². The number of nitrogens with zero attached hydrogens (tertiary/aromatic N) is 5. The number of halogens is 1. The summed E-state index contributed by atoms with van der Waals surface area (Å²) in [5.74, 6) is 0.439. The molecule has 0 bridgehead atoms. The van der Waals surface area contributed by atoms with Gasteiger partial charge in [-0.25, -0.2) is 19.3 Å². The van der Waals surface area contributed by atoms with Gasteiger partial charge in [-0.15, -0.1) is 0 Å². The zero-order valence-electron chi connectivity index (χ0n) is 20.3. The van der Waals surface area contributed by atoms with E-state index in [9.17, 15) is 9.18 Å². The fraction of sp³-hybridized carbons (Fsp3) is 0.286. The molecule has 4 heterocycles. The van der Waals surface area contributed by atoms with Crippen LogP contribution >= 0.6 is 0 Å². The second-order valence-corrected chi connectivity index (χ2v) is 9.82. The maximum Gasteiger partial charge on any atom is 0.253 e. The molecule has 1 amide bonds. The van der Waals surface area contributed by atoms with Crippen molar-refractivity contribution in [2.24, 2.45) is 0 Å². The van der Waals surface area contributed by atoms with E-state index in [1.165, 1.54) is 6.07 Å². The monoisotopic (exact) mass is 482 g/mol. The lowest BCUT2D eigenvalue weighted by atomic mass is 9.75. The molecule has 0 saturated carbocycles. The Hall–Kier alpha value is -3.91. The van der Waals surface area contributed by atoms with Gasteiger partial charge in [0, 0.05) is 42.9 Å². The largest absolute Gasteiger partial charge is 0.345 e. The highest BCUT2D eigenvalue weighted by atomic mass is 19.1. The molecular formula is C28H27FN6O. The third-order valence-corrected chi connectivity index (χ3v) is 7.37. The molecule has 2 aromatic carbocycles. The Morgan fingerprint density at radius 3 is 2.69 bits per heavy atom. The van der Waals surface area contributed by atoms with Gasteiger partial charge in [0.25, 0.3) is 5.91 Å². The Balaban J connectivity index is 1.47. The molecule has 0 radical (unpaired) electrons. The number of carbonyl (C=O) groups is 1. The second-order valence-electron chi connectivity index (χ2n) is 9.82. The minimum Gasteiger partial charge on any atom is -0.345 e. The fourth-order valence-corrected chi connectivity index (χ4v) is 5.52. The van der Waals surface area contributed by atoms with E-state index in [2.05, 4.69) is 20.2 Å². The normalized spacial score (nSPS) is 16.4. The summed E-state index contributed by atoms with van der Waals surface area (Å²) in [5.41, 5.74) is 5.50. The lowest BCUT2D eigenvalue weighted by Gasteiger charge is -2.34. The third-order valence-electron chi connectivity index (χ3n) is 7.37. The van der Waals surface area contributed by atoms with Crippen molar-refractivity contribution >= 4 is 28.4 Å². The van der Waals surface area contributed by atoms with Crippen LogP contribution in [0.15, 0.2) is 60.9 Å². The molecule has 1 spiro atoms. The minimum atomic E-state index is -0.214. The molecule has 1 fully saturated rings. The number of rotatable bonds is 3. The Morgan fingerprint density at radius 1 is 1.06 bits per heavy atom. The van der Waals surface area contributed by atoms with E-state index in [4.69, 9.17) is 4.98 Å². The zero-order chi connectivity index (χ0) is 24.9. The topological polar surface area (TPSA) is 74.2 Å². The van der Waals surface area contributed by atoms with E-state index in [1.54, 1.807) is 37.5 Å². The number of anilines is 2. The molecule has 0 aliphatic carbocycles. The van der Waals surface area contributed by atoms with Gasteiger partial charge in [-0.2, -0.15) is 0 Å². The summed E-state index contributed by atoms with van der Waals surface area (Å²) < 4.78 is 14.4. The van der Waals surface area contributed by atoms with Crippen molar-refractivity contribution in [3.05, 3.63) is 77.9 Å². The summed E-state index contributed by atoms with van der Waals surface area (Å²) in [7, 11) is 3.48. The molecule has 0 unspecified atom stereocenters. The van der Waals surface area contributed by atoms with Crippen LogP contribution in [-0.2, 0) is 5.41 Å². The summed E-state index contributed by atoms with van der Waals surface area (Å²) >= 11 is 0. The van der Waals surface area contributed by atoms with E-state index in [0.29, 0.717) is 16.9 Å². The zero-order valence-corrected chi connectivity index (χ0v) is 20.3. The highest BCUT2D eigenvalue weighted by molar-refractivity contribution is 5.95. The van der Waals surface area contributed by atoms with Gasteiger partial charge in [0.1, 0.15) is 17.7 Å². The number of carbonyl (C=O) groups excluding carboxylic acids is 1. The van der Waals surface area contributed by atoms with Crippen LogP contribution in [0.1, 0.15) is 28.8 Å². The SMILES string of the molecule is CN(C)C(=O)c1cccc(-c2ccc3ncnc(N4CC5(CCNCC5)c5cc(F)ccc54)c3n2)c1. The lowest BCUT2D eigenvalue weighted by molar-refractivity contribution is 0.0827. The summed E-state index contributed by atoms with van der Waals surface area (Å²) in [4.78, 5) is 30.4. The minimum absolute atomic E-state index is 0.0603. The number of piperidine rings is 1. The third kappa shape index (κ3) is 3.69. The van der Waals surface area contributed by atoms with Crippen molar-refractivity contribution in [1.82, 2.24) is 25.2 Å². The van der Waals surface area contributed by atoms with Gasteiger partial charge < -0.3 is 15.1 Å².